The number of nitrogens with one attached hydrogen (secondary N) is 1. The molecule has 1 fully saturated rings. The average Bonchev–Trinajstić information content (AvgIpc) is 3.09. The summed E-state index contributed by atoms with van der Waals surface area (Å²) in [5, 5.41) is 2.63. The highest BCUT2D eigenvalue weighted by atomic mass is 16.5. The third-order valence-corrected chi connectivity index (χ3v) is 4.27. The normalized spacial score (nSPS) is 14.8. The predicted molar refractivity (Wildman–Crippen MR) is 96.0 cm³/mol. The van der Waals surface area contributed by atoms with Gasteiger partial charge in [0.1, 0.15) is 11.8 Å². The standard InChI is InChI=1S/C19H24N2O6/c1-12(2)17(20-18(24)13-6-8-14(26-3)9-7-13)19(25)27-11-16(23)21-10-4-5-15(21)22/h6-9,12,17H,4-5,10-11H2,1-3H3,(H,20,24). The maximum Gasteiger partial charge on any atom is 0.329 e. The van der Waals surface area contributed by atoms with Gasteiger partial charge >= 0.3 is 5.97 Å². The molecule has 27 heavy (non-hydrogen) atoms. The Morgan fingerprint density at radius 3 is 2.37 bits per heavy atom. The number of benzene rings is 1. The van der Waals surface area contributed by atoms with Crippen molar-refractivity contribution >= 4 is 23.7 Å². The molecule has 1 unspecified atom stereocenters. The summed E-state index contributed by atoms with van der Waals surface area (Å²) in [6.45, 7) is 3.33. The van der Waals surface area contributed by atoms with Crippen molar-refractivity contribution in [1.82, 2.24) is 10.2 Å². The molecule has 1 aliphatic heterocycles. The van der Waals surface area contributed by atoms with Gasteiger partial charge in [0, 0.05) is 18.5 Å². The van der Waals surface area contributed by atoms with Gasteiger partial charge in [0.05, 0.1) is 7.11 Å². The highest BCUT2D eigenvalue weighted by Gasteiger charge is 2.30. The van der Waals surface area contributed by atoms with Crippen LogP contribution in [0.4, 0.5) is 0 Å². The molecule has 0 aromatic heterocycles. The Labute approximate surface area is 157 Å². The Morgan fingerprint density at radius 1 is 1.19 bits per heavy atom. The van der Waals surface area contributed by atoms with Gasteiger partial charge in [0.15, 0.2) is 6.61 Å². The van der Waals surface area contributed by atoms with Crippen LogP contribution in [0.1, 0.15) is 37.0 Å². The van der Waals surface area contributed by atoms with E-state index in [-0.39, 0.29) is 11.8 Å². The van der Waals surface area contributed by atoms with Crippen LogP contribution in [0, 0.1) is 5.92 Å². The maximum atomic E-state index is 12.4. The lowest BCUT2D eigenvalue weighted by Gasteiger charge is -2.21. The van der Waals surface area contributed by atoms with Gasteiger partial charge in [-0.2, -0.15) is 0 Å². The summed E-state index contributed by atoms with van der Waals surface area (Å²) in [6.07, 6.45) is 0.942. The maximum absolute atomic E-state index is 12.4. The quantitative estimate of drug-likeness (QED) is 0.716. The third-order valence-electron chi connectivity index (χ3n) is 4.27. The fourth-order valence-corrected chi connectivity index (χ4v) is 2.68. The van der Waals surface area contributed by atoms with Crippen LogP contribution in [0.5, 0.6) is 5.75 Å². The Bertz CT molecular complexity index is 713. The zero-order valence-corrected chi connectivity index (χ0v) is 15.7. The van der Waals surface area contributed by atoms with Crippen molar-refractivity contribution in [1.29, 1.82) is 0 Å². The van der Waals surface area contributed by atoms with Crippen LogP contribution in [-0.4, -0.2) is 54.9 Å². The molecule has 2 rings (SSSR count). The molecule has 1 aromatic carbocycles. The number of carbonyl (C=O) groups is 4. The lowest BCUT2D eigenvalue weighted by atomic mass is 10.0. The number of nitrogens with zero attached hydrogens (tertiary/aromatic N) is 1. The molecular formula is C19H24N2O6. The second kappa shape index (κ2) is 9.16. The smallest absolute Gasteiger partial charge is 0.329 e. The number of imide groups is 1. The number of amides is 3. The van der Waals surface area contributed by atoms with Crippen molar-refractivity contribution in [3.8, 4) is 5.75 Å². The molecule has 0 bridgehead atoms. The lowest BCUT2D eigenvalue weighted by Crippen LogP contribution is -2.46. The summed E-state index contributed by atoms with van der Waals surface area (Å²) < 4.78 is 10.1. The first-order valence-electron chi connectivity index (χ1n) is 8.78. The largest absolute Gasteiger partial charge is 0.497 e. The van der Waals surface area contributed by atoms with E-state index < -0.39 is 30.4 Å². The van der Waals surface area contributed by atoms with Crippen LogP contribution in [0.25, 0.3) is 0 Å². The number of hydrogen-bond donors (Lipinski definition) is 1. The van der Waals surface area contributed by atoms with Crippen LogP contribution in [-0.2, 0) is 19.1 Å². The molecule has 8 nitrogen and oxygen atoms in total. The highest BCUT2D eigenvalue weighted by molar-refractivity contribution is 5.99. The van der Waals surface area contributed by atoms with Crippen LogP contribution in [0.2, 0.25) is 0 Å². The number of rotatable bonds is 7. The molecule has 1 saturated heterocycles. The lowest BCUT2D eigenvalue weighted by molar-refractivity contribution is -0.156. The van der Waals surface area contributed by atoms with Crippen LogP contribution >= 0.6 is 0 Å². The Morgan fingerprint density at radius 2 is 1.85 bits per heavy atom. The molecule has 1 aliphatic rings. The summed E-state index contributed by atoms with van der Waals surface area (Å²) in [6, 6.07) is 5.53. The molecule has 8 heteroatoms. The van der Waals surface area contributed by atoms with E-state index in [9.17, 15) is 19.2 Å². The zero-order valence-electron chi connectivity index (χ0n) is 15.7. The second-order valence-electron chi connectivity index (χ2n) is 6.57. The van der Waals surface area contributed by atoms with Gasteiger partial charge in [-0.05, 0) is 36.6 Å². The molecule has 0 aliphatic carbocycles. The summed E-state index contributed by atoms with van der Waals surface area (Å²) >= 11 is 0. The third kappa shape index (κ3) is 5.29. The first-order chi connectivity index (χ1) is 12.8. The Kier molecular flexibility index (Phi) is 6.92. The van der Waals surface area contributed by atoms with Crippen LogP contribution < -0.4 is 10.1 Å². The summed E-state index contributed by atoms with van der Waals surface area (Å²) in [7, 11) is 1.52. The molecule has 1 heterocycles. The van der Waals surface area contributed by atoms with E-state index in [2.05, 4.69) is 5.32 Å². The summed E-state index contributed by atoms with van der Waals surface area (Å²) in [5.41, 5.74) is 0.369. The van der Waals surface area contributed by atoms with Crippen molar-refractivity contribution in [2.24, 2.45) is 5.92 Å². The SMILES string of the molecule is COc1ccc(C(=O)NC(C(=O)OCC(=O)N2CCCC2=O)C(C)C)cc1. The molecule has 1 atom stereocenters. The first-order valence-corrected chi connectivity index (χ1v) is 8.78. The van der Waals surface area contributed by atoms with Crippen molar-refractivity contribution in [2.45, 2.75) is 32.7 Å². The highest BCUT2D eigenvalue weighted by Crippen LogP contribution is 2.13. The first kappa shape index (κ1) is 20.4. The molecule has 0 radical (unpaired) electrons. The molecule has 3 amide bonds. The van der Waals surface area contributed by atoms with Gasteiger partial charge in [-0.1, -0.05) is 13.8 Å². The average molecular weight is 376 g/mol. The van der Waals surface area contributed by atoms with Gasteiger partial charge in [-0.3, -0.25) is 19.3 Å². The predicted octanol–water partition coefficient (Wildman–Crippen LogP) is 1.14. The monoisotopic (exact) mass is 376 g/mol. The van der Waals surface area contributed by atoms with Gasteiger partial charge in [0.25, 0.3) is 11.8 Å². The number of carbonyl (C=O) groups excluding carboxylic acids is 4. The van der Waals surface area contributed by atoms with Crippen LogP contribution in [0.15, 0.2) is 24.3 Å². The molecule has 146 valence electrons. The van der Waals surface area contributed by atoms with E-state index in [1.54, 1.807) is 38.1 Å². The van der Waals surface area contributed by atoms with Gasteiger partial charge in [0.2, 0.25) is 5.91 Å². The van der Waals surface area contributed by atoms with Crippen molar-refractivity contribution < 1.29 is 28.7 Å². The molecule has 1 N–H and O–H groups in total. The topological polar surface area (TPSA) is 102 Å². The number of hydrogen-bond acceptors (Lipinski definition) is 6. The van der Waals surface area contributed by atoms with E-state index in [0.717, 1.165) is 4.90 Å². The Hall–Kier alpha value is -2.90. The molecule has 0 spiro atoms. The zero-order chi connectivity index (χ0) is 20.0. The van der Waals surface area contributed by atoms with E-state index in [1.807, 2.05) is 0 Å². The van der Waals surface area contributed by atoms with Gasteiger partial charge < -0.3 is 14.8 Å². The Balaban J connectivity index is 1.94. The van der Waals surface area contributed by atoms with Crippen molar-refractivity contribution in [3.05, 3.63) is 29.8 Å². The number of likely N-dealkylation sites (tertiary alicyclic amines) is 1. The number of ether oxygens (including phenoxy) is 2. The van der Waals surface area contributed by atoms with Gasteiger partial charge in [-0.25, -0.2) is 4.79 Å². The summed E-state index contributed by atoms with van der Waals surface area (Å²) in [5.74, 6) is -1.59. The second-order valence-corrected chi connectivity index (χ2v) is 6.57. The number of esters is 1. The van der Waals surface area contributed by atoms with Crippen LogP contribution in [0.3, 0.4) is 0 Å². The minimum atomic E-state index is -0.915. The minimum absolute atomic E-state index is 0.247. The van der Waals surface area contributed by atoms with E-state index in [0.29, 0.717) is 30.7 Å². The van der Waals surface area contributed by atoms with Crippen molar-refractivity contribution in [2.75, 3.05) is 20.3 Å². The molecule has 0 saturated carbocycles. The van der Waals surface area contributed by atoms with Gasteiger partial charge in [-0.15, -0.1) is 0 Å². The fraction of sp³-hybridized carbons (Fsp3) is 0.474. The number of methoxy groups -OCH3 is 1. The molecular weight excluding hydrogens is 352 g/mol. The summed E-state index contributed by atoms with van der Waals surface area (Å²) in [4.78, 5) is 49.3. The van der Waals surface area contributed by atoms with Crippen molar-refractivity contribution in [3.63, 3.8) is 0 Å². The minimum Gasteiger partial charge on any atom is -0.497 e. The van der Waals surface area contributed by atoms with E-state index in [1.165, 1.54) is 7.11 Å². The van der Waals surface area contributed by atoms with E-state index >= 15 is 0 Å². The van der Waals surface area contributed by atoms with E-state index in [4.69, 9.17) is 9.47 Å². The molecule has 1 aromatic rings. The fourth-order valence-electron chi connectivity index (χ4n) is 2.68.